The second kappa shape index (κ2) is 10.8. The Hall–Kier alpha value is -2.18. The summed E-state index contributed by atoms with van der Waals surface area (Å²) in [7, 11) is -1.80. The summed E-state index contributed by atoms with van der Waals surface area (Å²) in [6.45, 7) is 9.20. The highest BCUT2D eigenvalue weighted by atomic mass is 32.2. The number of benzene rings is 1. The number of nitrogens with one attached hydrogen (secondary N) is 1. The van der Waals surface area contributed by atoms with E-state index in [4.69, 9.17) is 9.84 Å². The second-order valence-electron chi connectivity index (χ2n) is 9.27. The maximum atomic E-state index is 13.5. The number of ether oxygens (including phenoxy) is 1. The van der Waals surface area contributed by atoms with Crippen LogP contribution in [0.5, 0.6) is 5.75 Å². The maximum absolute atomic E-state index is 13.5. The van der Waals surface area contributed by atoms with E-state index in [9.17, 15) is 13.2 Å². The van der Waals surface area contributed by atoms with Gasteiger partial charge >= 0.3 is 0 Å². The monoisotopic (exact) mass is 507 g/mol. The molecule has 11 heteroatoms. The summed E-state index contributed by atoms with van der Waals surface area (Å²) in [4.78, 5) is 19.4. The lowest BCUT2D eigenvalue weighted by Crippen LogP contribution is -2.49. The first-order valence-corrected chi connectivity index (χ1v) is 13.8. The van der Waals surface area contributed by atoms with Crippen molar-refractivity contribution < 1.29 is 23.1 Å². The number of carbonyl (C=O) groups excluding carboxylic acids is 1. The van der Waals surface area contributed by atoms with E-state index in [1.165, 1.54) is 4.31 Å². The zero-order valence-electron chi connectivity index (χ0n) is 20.9. The van der Waals surface area contributed by atoms with Crippen molar-refractivity contribution in [1.82, 2.24) is 24.3 Å². The minimum absolute atomic E-state index is 0.0603. The van der Waals surface area contributed by atoms with Crippen LogP contribution < -0.4 is 10.1 Å². The van der Waals surface area contributed by atoms with Crippen LogP contribution in [-0.4, -0.2) is 111 Å². The number of aliphatic hydroxyl groups excluding tert-OH is 1. The van der Waals surface area contributed by atoms with Crippen molar-refractivity contribution in [3.63, 3.8) is 0 Å². The van der Waals surface area contributed by atoms with Crippen LogP contribution >= 0.6 is 0 Å². The summed E-state index contributed by atoms with van der Waals surface area (Å²) < 4.78 is 34.4. The van der Waals surface area contributed by atoms with E-state index in [2.05, 4.69) is 22.0 Å². The Kier molecular flexibility index (Phi) is 8.02. The number of carbonyl (C=O) groups is 1. The van der Waals surface area contributed by atoms with E-state index in [0.29, 0.717) is 69.6 Å². The molecule has 1 aromatic rings. The van der Waals surface area contributed by atoms with Crippen molar-refractivity contribution in [2.24, 2.45) is 0 Å². The molecule has 1 fully saturated rings. The zero-order chi connectivity index (χ0) is 25.2. The highest BCUT2D eigenvalue weighted by Gasteiger charge is 2.40. The normalized spacial score (nSPS) is 22.5. The summed E-state index contributed by atoms with van der Waals surface area (Å²) in [5, 5.41) is 12.2. The summed E-state index contributed by atoms with van der Waals surface area (Å²) >= 11 is 0. The number of β-amino-alcohol motifs (C(OH)–C–C–N with tert-alkyl or cyclic N) is 1. The van der Waals surface area contributed by atoms with Crippen molar-refractivity contribution in [2.45, 2.75) is 31.2 Å². The van der Waals surface area contributed by atoms with Gasteiger partial charge in [-0.05, 0) is 43.7 Å². The average molecular weight is 508 g/mol. The third-order valence-corrected chi connectivity index (χ3v) is 8.74. The third kappa shape index (κ3) is 5.19. The van der Waals surface area contributed by atoms with Crippen molar-refractivity contribution >= 4 is 15.9 Å². The largest absolute Gasteiger partial charge is 0.494 e. The quantitative estimate of drug-likeness (QED) is 0.496. The first-order chi connectivity index (χ1) is 16.8. The fourth-order valence-electron chi connectivity index (χ4n) is 5.23. The number of likely N-dealkylation sites (N-methyl/N-ethyl adjacent to an activating group) is 1. The molecule has 10 nitrogen and oxygen atoms in total. The molecule has 3 aliphatic rings. The first-order valence-electron chi connectivity index (χ1n) is 12.4. The molecule has 1 unspecified atom stereocenters. The highest BCUT2D eigenvalue weighted by molar-refractivity contribution is 7.89. The van der Waals surface area contributed by atoms with Gasteiger partial charge in [0.25, 0.3) is 5.91 Å². The number of rotatable bonds is 9. The molecule has 1 amide bonds. The van der Waals surface area contributed by atoms with Crippen LogP contribution in [0.1, 0.15) is 31.9 Å². The van der Waals surface area contributed by atoms with Gasteiger partial charge in [0.15, 0.2) is 0 Å². The van der Waals surface area contributed by atoms with Gasteiger partial charge in [-0.2, -0.15) is 4.31 Å². The predicted octanol–water partition coefficient (Wildman–Crippen LogP) is 0.424. The molecule has 0 spiro atoms. The van der Waals surface area contributed by atoms with E-state index in [1.807, 2.05) is 18.9 Å². The Labute approximate surface area is 208 Å². The molecule has 2 N–H and O–H groups in total. The number of sulfonamides is 1. The van der Waals surface area contributed by atoms with Crippen molar-refractivity contribution in [3.8, 4) is 5.75 Å². The molecular weight excluding hydrogens is 470 g/mol. The van der Waals surface area contributed by atoms with E-state index in [1.54, 1.807) is 18.2 Å². The number of nitrogens with zero attached hydrogens (tertiary/aromatic N) is 4. The molecule has 35 heavy (non-hydrogen) atoms. The van der Waals surface area contributed by atoms with Crippen LogP contribution in [0.2, 0.25) is 0 Å². The van der Waals surface area contributed by atoms with Crippen molar-refractivity contribution in [3.05, 3.63) is 35.0 Å². The van der Waals surface area contributed by atoms with Crippen molar-refractivity contribution in [2.75, 3.05) is 72.7 Å². The number of hydrogen-bond acceptors (Lipinski definition) is 8. The fourth-order valence-corrected chi connectivity index (χ4v) is 6.69. The Balaban J connectivity index is 1.67. The van der Waals surface area contributed by atoms with Crippen LogP contribution in [0.3, 0.4) is 0 Å². The molecule has 1 aromatic carbocycles. The van der Waals surface area contributed by atoms with Gasteiger partial charge < -0.3 is 20.1 Å². The van der Waals surface area contributed by atoms with Gasteiger partial charge in [0, 0.05) is 51.9 Å². The average Bonchev–Trinajstić information content (AvgIpc) is 3.16. The smallest absolute Gasteiger partial charge is 0.268 e. The standard InChI is InChI=1S/C24H37N5O5S/c1-4-8-28-16-20-22(25-24(31)23(20)26(3)17-28)19-15-18(6-7-21(19)34-5-2)35(32,33)29-11-9-27(10-12-29)13-14-30/h6-7,15,22,30H,4-5,8-14,16-17H2,1-3H3,(H,25,31). The van der Waals surface area contributed by atoms with Gasteiger partial charge in [-0.1, -0.05) is 6.92 Å². The van der Waals surface area contributed by atoms with E-state index >= 15 is 0 Å². The molecule has 0 bridgehead atoms. The number of amides is 1. The molecule has 0 aromatic heterocycles. The molecule has 3 aliphatic heterocycles. The van der Waals surface area contributed by atoms with E-state index < -0.39 is 16.1 Å². The molecule has 1 saturated heterocycles. The van der Waals surface area contributed by atoms with E-state index in [-0.39, 0.29) is 17.4 Å². The van der Waals surface area contributed by atoms with Gasteiger partial charge in [0.2, 0.25) is 10.0 Å². The lowest BCUT2D eigenvalue weighted by Gasteiger charge is -2.35. The van der Waals surface area contributed by atoms with Crippen LogP contribution in [0.25, 0.3) is 0 Å². The zero-order valence-corrected chi connectivity index (χ0v) is 21.7. The lowest BCUT2D eigenvalue weighted by molar-refractivity contribution is -0.118. The van der Waals surface area contributed by atoms with Crippen LogP contribution in [0.4, 0.5) is 0 Å². The number of piperazine rings is 1. The topological polar surface area (TPSA) is 106 Å². The van der Waals surface area contributed by atoms with Crippen molar-refractivity contribution in [1.29, 1.82) is 0 Å². The summed E-state index contributed by atoms with van der Waals surface area (Å²) in [5.74, 6) is 0.438. The molecule has 0 radical (unpaired) electrons. The Bertz CT molecular complexity index is 1070. The van der Waals surface area contributed by atoms with Gasteiger partial charge in [0.1, 0.15) is 11.4 Å². The molecular formula is C24H37N5O5S. The third-order valence-electron chi connectivity index (χ3n) is 6.85. The fraction of sp³-hybridized carbons (Fsp3) is 0.625. The van der Waals surface area contributed by atoms with Gasteiger partial charge in [-0.3, -0.25) is 14.6 Å². The summed E-state index contributed by atoms with van der Waals surface area (Å²) in [6, 6.07) is 4.51. The molecule has 194 valence electrons. The molecule has 0 aliphatic carbocycles. The summed E-state index contributed by atoms with van der Waals surface area (Å²) in [6.07, 6.45) is 1.01. The van der Waals surface area contributed by atoms with Gasteiger partial charge in [-0.25, -0.2) is 8.42 Å². The predicted molar refractivity (Wildman–Crippen MR) is 132 cm³/mol. The first kappa shape index (κ1) is 25.9. The van der Waals surface area contributed by atoms with Crippen LogP contribution in [0.15, 0.2) is 34.4 Å². The van der Waals surface area contributed by atoms with Gasteiger partial charge in [-0.15, -0.1) is 0 Å². The van der Waals surface area contributed by atoms with E-state index in [0.717, 1.165) is 18.5 Å². The molecule has 4 rings (SSSR count). The minimum atomic E-state index is -3.72. The van der Waals surface area contributed by atoms with Crippen LogP contribution in [0, 0.1) is 0 Å². The second-order valence-corrected chi connectivity index (χ2v) is 11.2. The Morgan fingerprint density at radius 2 is 1.86 bits per heavy atom. The molecule has 1 atom stereocenters. The minimum Gasteiger partial charge on any atom is -0.494 e. The molecule has 3 heterocycles. The Morgan fingerprint density at radius 1 is 1.11 bits per heavy atom. The Morgan fingerprint density at radius 3 is 2.51 bits per heavy atom. The van der Waals surface area contributed by atoms with Crippen LogP contribution in [-0.2, 0) is 14.8 Å². The SMILES string of the molecule is CCCN1CC2=C(C(=O)NC2c2cc(S(=O)(=O)N3CCN(CCO)CC3)ccc2OCC)N(C)C1. The highest BCUT2D eigenvalue weighted by Crippen LogP contribution is 2.39. The maximum Gasteiger partial charge on any atom is 0.268 e. The summed E-state index contributed by atoms with van der Waals surface area (Å²) in [5.41, 5.74) is 2.28. The lowest BCUT2D eigenvalue weighted by atomic mass is 9.97. The van der Waals surface area contributed by atoms with Gasteiger partial charge in [0.05, 0.1) is 30.8 Å². The number of hydrogen-bond donors (Lipinski definition) is 2. The number of aliphatic hydroxyl groups is 1. The molecule has 0 saturated carbocycles.